The maximum Gasteiger partial charge on any atom is 0.573 e. The van der Waals surface area contributed by atoms with E-state index in [1.807, 2.05) is 22.6 Å². The molecule has 0 saturated heterocycles. The van der Waals surface area contributed by atoms with Crippen molar-refractivity contribution in [2.24, 2.45) is 0 Å². The van der Waals surface area contributed by atoms with Gasteiger partial charge >= 0.3 is 6.36 Å². The van der Waals surface area contributed by atoms with Crippen LogP contribution in [0, 0.1) is 3.57 Å². The Kier molecular flexibility index (Phi) is 4.05. The van der Waals surface area contributed by atoms with Gasteiger partial charge in [-0.1, -0.05) is 6.92 Å². The second kappa shape index (κ2) is 5.24. The van der Waals surface area contributed by atoms with Gasteiger partial charge in [-0.05, 0) is 64.7 Å². The zero-order valence-electron chi connectivity index (χ0n) is 9.77. The van der Waals surface area contributed by atoms with E-state index in [1.165, 1.54) is 6.07 Å². The van der Waals surface area contributed by atoms with Crippen LogP contribution in [0.1, 0.15) is 24.0 Å². The lowest BCUT2D eigenvalue weighted by atomic mass is 9.95. The van der Waals surface area contributed by atoms with E-state index < -0.39 is 6.36 Å². The molecule has 1 N–H and O–H groups in total. The fourth-order valence-corrected chi connectivity index (χ4v) is 2.74. The second-order valence-corrected chi connectivity index (χ2v) is 5.55. The summed E-state index contributed by atoms with van der Waals surface area (Å²) in [5.74, 6) is 0.201. The zero-order chi connectivity index (χ0) is 13.3. The molecule has 0 aliphatic carbocycles. The largest absolute Gasteiger partial charge is 0.573 e. The fraction of sp³-hybridized carbons (Fsp3) is 0.500. The Labute approximate surface area is 117 Å². The minimum atomic E-state index is -4.64. The van der Waals surface area contributed by atoms with E-state index in [-0.39, 0.29) is 5.75 Å². The van der Waals surface area contributed by atoms with Crippen molar-refractivity contribution >= 4 is 22.6 Å². The Balaban J connectivity index is 2.38. The van der Waals surface area contributed by atoms with Crippen LogP contribution in [-0.4, -0.2) is 19.5 Å². The third-order valence-corrected chi connectivity index (χ3v) is 3.81. The lowest BCUT2D eigenvalue weighted by molar-refractivity contribution is -0.275. The van der Waals surface area contributed by atoms with E-state index >= 15 is 0 Å². The van der Waals surface area contributed by atoms with Gasteiger partial charge in [-0.15, -0.1) is 13.2 Å². The van der Waals surface area contributed by atoms with Crippen LogP contribution < -0.4 is 10.1 Å². The number of nitrogens with one attached hydrogen (secondary N) is 1. The van der Waals surface area contributed by atoms with Crippen LogP contribution >= 0.6 is 22.6 Å². The van der Waals surface area contributed by atoms with E-state index in [0.29, 0.717) is 9.49 Å². The molecule has 1 aromatic carbocycles. The summed E-state index contributed by atoms with van der Waals surface area (Å²) in [6, 6.07) is 3.32. The summed E-state index contributed by atoms with van der Waals surface area (Å²) in [7, 11) is 0. The predicted octanol–water partition coefficient (Wildman–Crippen LogP) is 3.44. The van der Waals surface area contributed by atoms with E-state index in [0.717, 1.165) is 30.6 Å². The van der Waals surface area contributed by atoms with Crippen LogP contribution in [0.25, 0.3) is 0 Å². The molecule has 0 radical (unpaired) electrons. The van der Waals surface area contributed by atoms with Crippen LogP contribution in [0.4, 0.5) is 13.2 Å². The first-order chi connectivity index (χ1) is 8.37. The summed E-state index contributed by atoms with van der Waals surface area (Å²) < 4.78 is 41.4. The summed E-state index contributed by atoms with van der Waals surface area (Å²) in [6.07, 6.45) is -3.91. The molecule has 1 atom stereocenters. The number of hydrogen-bond acceptors (Lipinski definition) is 2. The van der Waals surface area contributed by atoms with Crippen LogP contribution in [0.3, 0.4) is 0 Å². The van der Waals surface area contributed by atoms with Crippen molar-refractivity contribution in [3.05, 3.63) is 26.8 Å². The fourth-order valence-electron chi connectivity index (χ4n) is 2.14. The molecule has 0 spiro atoms. The summed E-state index contributed by atoms with van der Waals surface area (Å²) in [4.78, 5) is 0. The van der Waals surface area contributed by atoms with Crippen LogP contribution in [0.15, 0.2) is 12.1 Å². The highest BCUT2D eigenvalue weighted by atomic mass is 127. The van der Waals surface area contributed by atoms with Crippen molar-refractivity contribution in [2.45, 2.75) is 25.6 Å². The summed E-state index contributed by atoms with van der Waals surface area (Å²) >= 11 is 1.88. The molecule has 1 aliphatic rings. The van der Waals surface area contributed by atoms with Crippen molar-refractivity contribution in [3.8, 4) is 5.75 Å². The van der Waals surface area contributed by atoms with Gasteiger partial charge < -0.3 is 10.1 Å². The third-order valence-electron chi connectivity index (χ3n) is 2.97. The Morgan fingerprint density at radius 2 is 2.11 bits per heavy atom. The second-order valence-electron chi connectivity index (χ2n) is 4.38. The Morgan fingerprint density at radius 3 is 2.78 bits per heavy atom. The maximum absolute atomic E-state index is 12.3. The number of hydrogen-bond donors (Lipinski definition) is 1. The maximum atomic E-state index is 12.3. The number of rotatable bonds is 1. The first-order valence-electron chi connectivity index (χ1n) is 5.65. The smallest absolute Gasteiger partial charge is 0.405 e. The highest BCUT2D eigenvalue weighted by Crippen LogP contribution is 2.33. The van der Waals surface area contributed by atoms with Crippen molar-refractivity contribution < 1.29 is 17.9 Å². The quantitative estimate of drug-likeness (QED) is 0.764. The molecule has 2 rings (SSSR count). The minimum absolute atomic E-state index is 0.101. The molecule has 0 fully saturated rings. The summed E-state index contributed by atoms with van der Waals surface area (Å²) in [5, 5.41) is 3.27. The molecule has 0 aromatic heterocycles. The summed E-state index contributed by atoms with van der Waals surface area (Å²) in [6.45, 7) is 3.70. The van der Waals surface area contributed by atoms with Gasteiger partial charge in [0.15, 0.2) is 0 Å². The molecular weight excluding hydrogens is 358 g/mol. The van der Waals surface area contributed by atoms with Crippen LogP contribution in [0.2, 0.25) is 0 Å². The molecule has 0 bridgehead atoms. The van der Waals surface area contributed by atoms with Crippen LogP contribution in [0.5, 0.6) is 5.75 Å². The van der Waals surface area contributed by atoms with Crippen molar-refractivity contribution in [3.63, 3.8) is 0 Å². The van der Waals surface area contributed by atoms with E-state index in [9.17, 15) is 13.2 Å². The average molecular weight is 371 g/mol. The van der Waals surface area contributed by atoms with E-state index in [1.54, 1.807) is 6.07 Å². The topological polar surface area (TPSA) is 21.3 Å². The van der Waals surface area contributed by atoms with Crippen molar-refractivity contribution in [1.82, 2.24) is 5.32 Å². The molecule has 18 heavy (non-hydrogen) atoms. The van der Waals surface area contributed by atoms with Crippen LogP contribution in [-0.2, 0) is 6.42 Å². The molecule has 0 saturated carbocycles. The van der Waals surface area contributed by atoms with Gasteiger partial charge in [-0.3, -0.25) is 0 Å². The minimum Gasteiger partial charge on any atom is -0.405 e. The van der Waals surface area contributed by atoms with Gasteiger partial charge in [0.25, 0.3) is 0 Å². The summed E-state index contributed by atoms with van der Waals surface area (Å²) in [5.41, 5.74) is 2.05. The Bertz CT molecular complexity index is 448. The number of alkyl halides is 3. The number of ether oxygens (including phenoxy) is 1. The van der Waals surface area contributed by atoms with Gasteiger partial charge in [-0.25, -0.2) is 0 Å². The standard InChI is InChI=1S/C12H13F3INO/c1-7-6-17-3-2-8-4-11(18-12(13,14)15)10(16)5-9(7)8/h4-5,7,17H,2-3,6H2,1H3/t7-/m0/s1. The molecule has 0 amide bonds. The monoisotopic (exact) mass is 371 g/mol. The van der Waals surface area contributed by atoms with Gasteiger partial charge in [-0.2, -0.15) is 0 Å². The van der Waals surface area contributed by atoms with Gasteiger partial charge in [0, 0.05) is 6.54 Å². The van der Waals surface area contributed by atoms with Crippen molar-refractivity contribution in [2.75, 3.05) is 13.1 Å². The molecule has 1 aliphatic heterocycles. The first kappa shape index (κ1) is 13.9. The predicted molar refractivity (Wildman–Crippen MR) is 70.8 cm³/mol. The van der Waals surface area contributed by atoms with Gasteiger partial charge in [0.2, 0.25) is 0 Å². The lowest BCUT2D eigenvalue weighted by Crippen LogP contribution is -2.18. The lowest BCUT2D eigenvalue weighted by Gasteiger charge is -2.16. The van der Waals surface area contributed by atoms with Crippen molar-refractivity contribution in [1.29, 1.82) is 0 Å². The molecule has 1 heterocycles. The SMILES string of the molecule is C[C@H]1CNCCc2cc(OC(F)(F)F)c(I)cc21. The highest BCUT2D eigenvalue weighted by molar-refractivity contribution is 14.1. The molecule has 0 unspecified atom stereocenters. The van der Waals surface area contributed by atoms with E-state index in [2.05, 4.69) is 17.0 Å². The molecule has 1 aromatic rings. The molecular formula is C12H13F3INO. The molecule has 100 valence electrons. The average Bonchev–Trinajstić information content (AvgIpc) is 2.41. The number of fused-ring (bicyclic) bond motifs is 1. The first-order valence-corrected chi connectivity index (χ1v) is 6.73. The Morgan fingerprint density at radius 1 is 1.39 bits per heavy atom. The number of halogens is 4. The highest BCUT2D eigenvalue weighted by Gasteiger charge is 2.32. The molecule has 6 heteroatoms. The zero-order valence-corrected chi connectivity index (χ0v) is 11.9. The Hall–Kier alpha value is -0.500. The third kappa shape index (κ3) is 3.28. The number of benzene rings is 1. The normalized spacial score (nSPS) is 20.2. The van der Waals surface area contributed by atoms with Gasteiger partial charge in [0.05, 0.1) is 3.57 Å². The molecule has 2 nitrogen and oxygen atoms in total. The van der Waals surface area contributed by atoms with Gasteiger partial charge in [0.1, 0.15) is 5.75 Å². The van der Waals surface area contributed by atoms with E-state index in [4.69, 9.17) is 0 Å².